The average Bonchev–Trinajstić information content (AvgIpc) is 3.49. The van der Waals surface area contributed by atoms with Crippen molar-refractivity contribution in [2.24, 2.45) is 5.92 Å². The minimum atomic E-state index is -3.05. The molecule has 0 amide bonds. The Hall–Kier alpha value is -0.990. The second-order valence-corrected chi connectivity index (χ2v) is 12.3. The molecule has 0 bridgehead atoms. The molecule has 1 N–H and O–H groups in total. The van der Waals surface area contributed by atoms with Crippen molar-refractivity contribution in [2.75, 3.05) is 45.7 Å². The highest BCUT2D eigenvalue weighted by molar-refractivity contribution is 7.90. The Bertz CT molecular complexity index is 831. The van der Waals surface area contributed by atoms with Crippen molar-refractivity contribution >= 4 is 9.84 Å². The van der Waals surface area contributed by atoms with Gasteiger partial charge in [-0.1, -0.05) is 30.3 Å². The fraction of sp³-hybridized carbons (Fsp3) is 0.739. The average molecular weight is 436 g/mol. The summed E-state index contributed by atoms with van der Waals surface area (Å²) >= 11 is 0. The molecule has 1 heterocycles. The van der Waals surface area contributed by atoms with Crippen molar-refractivity contribution in [2.45, 2.75) is 56.0 Å². The van der Waals surface area contributed by atoms with E-state index in [2.05, 4.69) is 54.2 Å². The number of nitrogens with zero attached hydrogens (tertiary/aromatic N) is 3. The Morgan fingerprint density at radius 2 is 1.73 bits per heavy atom. The molecular weight excluding hydrogens is 398 g/mol. The SMILES string of the molecule is CN(C)C1(c2ccccc2)CCC2(CC1)CN(CCS(C)(=O)=O)C(O)N2CC1CC1. The molecule has 7 heteroatoms. The second kappa shape index (κ2) is 8.17. The maximum Gasteiger partial charge on any atom is 0.166 e. The molecule has 2 aliphatic carbocycles. The fourth-order valence-electron chi connectivity index (χ4n) is 5.65. The van der Waals surface area contributed by atoms with E-state index in [4.69, 9.17) is 0 Å². The summed E-state index contributed by atoms with van der Waals surface area (Å²) in [5.41, 5.74) is 1.32. The normalized spacial score (nSPS) is 33.6. The smallest absolute Gasteiger partial charge is 0.166 e. The molecule has 4 rings (SSSR count). The van der Waals surface area contributed by atoms with Gasteiger partial charge in [0.15, 0.2) is 6.35 Å². The highest BCUT2D eigenvalue weighted by Gasteiger charge is 2.55. The van der Waals surface area contributed by atoms with Gasteiger partial charge in [0.05, 0.1) is 5.75 Å². The Labute approximate surface area is 181 Å². The molecule has 6 nitrogen and oxygen atoms in total. The van der Waals surface area contributed by atoms with Gasteiger partial charge in [-0.2, -0.15) is 0 Å². The molecule has 168 valence electrons. The molecule has 3 fully saturated rings. The Balaban J connectivity index is 1.56. The quantitative estimate of drug-likeness (QED) is 0.708. The predicted molar refractivity (Wildman–Crippen MR) is 120 cm³/mol. The molecule has 1 aromatic carbocycles. The summed E-state index contributed by atoms with van der Waals surface area (Å²) < 4.78 is 23.4. The summed E-state index contributed by atoms with van der Waals surface area (Å²) in [5, 5.41) is 11.1. The van der Waals surface area contributed by atoms with Gasteiger partial charge in [-0.15, -0.1) is 0 Å². The van der Waals surface area contributed by atoms with Crippen molar-refractivity contribution in [1.82, 2.24) is 14.7 Å². The van der Waals surface area contributed by atoms with E-state index in [1.54, 1.807) is 0 Å². The van der Waals surface area contributed by atoms with Gasteiger partial charge in [-0.25, -0.2) is 8.42 Å². The van der Waals surface area contributed by atoms with Crippen molar-refractivity contribution in [3.63, 3.8) is 0 Å². The molecule has 1 aliphatic heterocycles. The Morgan fingerprint density at radius 3 is 2.27 bits per heavy atom. The van der Waals surface area contributed by atoms with Crippen LogP contribution in [0.3, 0.4) is 0 Å². The van der Waals surface area contributed by atoms with E-state index >= 15 is 0 Å². The lowest BCUT2D eigenvalue weighted by atomic mass is 9.68. The number of aliphatic hydroxyl groups excluding tert-OH is 1. The van der Waals surface area contributed by atoms with Gasteiger partial charge in [0.25, 0.3) is 0 Å². The predicted octanol–water partition coefficient (Wildman–Crippen LogP) is 2.10. The first-order chi connectivity index (χ1) is 14.2. The van der Waals surface area contributed by atoms with E-state index in [0.717, 1.165) is 38.8 Å². The summed E-state index contributed by atoms with van der Waals surface area (Å²) in [7, 11) is 1.30. The van der Waals surface area contributed by atoms with Crippen LogP contribution in [0.2, 0.25) is 0 Å². The van der Waals surface area contributed by atoms with Gasteiger partial charge in [-0.3, -0.25) is 14.7 Å². The molecule has 1 atom stereocenters. The number of sulfone groups is 1. The Kier molecular flexibility index (Phi) is 6.05. The maximum atomic E-state index is 11.7. The minimum absolute atomic E-state index is 0.0168. The van der Waals surface area contributed by atoms with E-state index in [1.165, 1.54) is 24.7 Å². The third kappa shape index (κ3) is 4.32. The number of hydrogen-bond acceptors (Lipinski definition) is 6. The van der Waals surface area contributed by atoms with E-state index in [0.29, 0.717) is 12.5 Å². The molecule has 30 heavy (non-hydrogen) atoms. The van der Waals surface area contributed by atoms with Crippen LogP contribution in [0, 0.1) is 5.92 Å². The zero-order valence-corrected chi connectivity index (χ0v) is 19.4. The lowest BCUT2D eigenvalue weighted by Crippen LogP contribution is -2.56. The van der Waals surface area contributed by atoms with Gasteiger partial charge in [-0.05, 0) is 64.1 Å². The van der Waals surface area contributed by atoms with E-state index in [1.807, 2.05) is 4.90 Å². The van der Waals surface area contributed by atoms with Crippen molar-refractivity contribution in [1.29, 1.82) is 0 Å². The van der Waals surface area contributed by atoms with E-state index < -0.39 is 16.2 Å². The number of hydrogen-bond donors (Lipinski definition) is 1. The van der Waals surface area contributed by atoms with Crippen LogP contribution >= 0.6 is 0 Å². The third-order valence-electron chi connectivity index (χ3n) is 7.79. The van der Waals surface area contributed by atoms with Gasteiger partial charge in [0.2, 0.25) is 0 Å². The highest BCUT2D eigenvalue weighted by atomic mass is 32.2. The van der Waals surface area contributed by atoms with Crippen LogP contribution in [0.5, 0.6) is 0 Å². The molecular formula is C23H37N3O3S. The summed E-state index contributed by atoms with van der Waals surface area (Å²) in [6, 6.07) is 10.8. The van der Waals surface area contributed by atoms with Crippen LogP contribution < -0.4 is 0 Å². The molecule has 2 saturated carbocycles. The maximum absolute atomic E-state index is 11.7. The van der Waals surface area contributed by atoms with Crippen LogP contribution in [0.25, 0.3) is 0 Å². The third-order valence-corrected chi connectivity index (χ3v) is 8.71. The lowest BCUT2D eigenvalue weighted by Gasteiger charge is -2.51. The summed E-state index contributed by atoms with van der Waals surface area (Å²) in [6.07, 6.45) is 7.20. The zero-order chi connectivity index (χ0) is 21.6. The van der Waals surface area contributed by atoms with Crippen molar-refractivity contribution < 1.29 is 13.5 Å². The van der Waals surface area contributed by atoms with Crippen LogP contribution in [0.4, 0.5) is 0 Å². The van der Waals surface area contributed by atoms with Crippen LogP contribution in [0.15, 0.2) is 30.3 Å². The summed E-state index contributed by atoms with van der Waals surface area (Å²) in [4.78, 5) is 6.68. The van der Waals surface area contributed by atoms with Crippen LogP contribution in [-0.2, 0) is 15.4 Å². The van der Waals surface area contributed by atoms with Gasteiger partial charge in [0, 0.05) is 37.0 Å². The first-order valence-electron chi connectivity index (χ1n) is 11.2. The molecule has 1 spiro atoms. The van der Waals surface area contributed by atoms with Crippen molar-refractivity contribution in [3.8, 4) is 0 Å². The second-order valence-electron chi connectivity index (χ2n) is 10.1. The first kappa shape index (κ1) is 22.2. The molecule has 1 saturated heterocycles. The number of rotatable bonds is 7. The number of aliphatic hydroxyl groups is 1. The molecule has 1 unspecified atom stereocenters. The van der Waals surface area contributed by atoms with Crippen molar-refractivity contribution in [3.05, 3.63) is 35.9 Å². The first-order valence-corrected chi connectivity index (χ1v) is 13.3. The Morgan fingerprint density at radius 1 is 1.10 bits per heavy atom. The van der Waals surface area contributed by atoms with E-state index in [9.17, 15) is 13.5 Å². The molecule has 1 aromatic rings. The monoisotopic (exact) mass is 435 g/mol. The molecule has 0 radical (unpaired) electrons. The standard InChI is InChI=1S/C23H37N3O3S/c1-24(2)23(20-7-5-4-6-8-20)13-11-22(12-14-23)18-25(15-16-30(3,28)29)21(27)26(22)17-19-9-10-19/h4-8,19,21,27H,9-18H2,1-3H3. The van der Waals surface area contributed by atoms with Gasteiger partial charge < -0.3 is 5.11 Å². The topological polar surface area (TPSA) is 64.1 Å². The fourth-order valence-corrected chi connectivity index (χ4v) is 6.22. The number of benzene rings is 1. The zero-order valence-electron chi connectivity index (χ0n) is 18.6. The van der Waals surface area contributed by atoms with E-state index in [-0.39, 0.29) is 16.8 Å². The van der Waals surface area contributed by atoms with Crippen LogP contribution in [0.1, 0.15) is 44.1 Å². The largest absolute Gasteiger partial charge is 0.365 e. The lowest BCUT2D eigenvalue weighted by molar-refractivity contribution is -0.0921. The molecule has 3 aliphatic rings. The van der Waals surface area contributed by atoms with Crippen LogP contribution in [-0.4, -0.2) is 85.9 Å². The highest BCUT2D eigenvalue weighted by Crippen LogP contribution is 2.50. The van der Waals surface area contributed by atoms with Gasteiger partial charge in [0.1, 0.15) is 9.84 Å². The summed E-state index contributed by atoms with van der Waals surface area (Å²) in [5.74, 6) is 0.782. The minimum Gasteiger partial charge on any atom is -0.365 e. The van der Waals surface area contributed by atoms with Gasteiger partial charge >= 0.3 is 0 Å². The molecule has 0 aromatic heterocycles. The summed E-state index contributed by atoms with van der Waals surface area (Å²) in [6.45, 7) is 2.09.